The summed E-state index contributed by atoms with van der Waals surface area (Å²) in [6.07, 6.45) is 2.56. The first-order valence-electron chi connectivity index (χ1n) is 6.89. The van der Waals surface area contributed by atoms with Crippen molar-refractivity contribution in [3.05, 3.63) is 40.3 Å². The van der Waals surface area contributed by atoms with E-state index in [0.717, 1.165) is 36.3 Å². The molecule has 0 bridgehead atoms. The van der Waals surface area contributed by atoms with Crippen molar-refractivity contribution in [1.82, 2.24) is 9.71 Å². The topological polar surface area (TPSA) is 71.1 Å². The largest absolute Gasteiger partial charge is 0.385 e. The van der Waals surface area contributed by atoms with Gasteiger partial charge < -0.3 is 5.32 Å². The van der Waals surface area contributed by atoms with E-state index in [1.165, 1.54) is 11.3 Å². The maximum Gasteiger partial charge on any atom is 0.240 e. The number of aromatic nitrogens is 1. The van der Waals surface area contributed by atoms with Gasteiger partial charge in [-0.3, -0.25) is 0 Å². The highest BCUT2D eigenvalue weighted by Gasteiger charge is 2.17. The van der Waals surface area contributed by atoms with Crippen molar-refractivity contribution in [2.24, 2.45) is 0 Å². The van der Waals surface area contributed by atoms with E-state index in [9.17, 15) is 8.42 Å². The number of anilines is 1. The second-order valence-corrected chi connectivity index (χ2v) is 7.46. The van der Waals surface area contributed by atoms with Crippen LogP contribution in [0.25, 0.3) is 0 Å². The number of fused-ring (bicyclic) bond motifs is 1. The van der Waals surface area contributed by atoms with Crippen molar-refractivity contribution in [3.8, 4) is 0 Å². The van der Waals surface area contributed by atoms with E-state index in [4.69, 9.17) is 0 Å². The van der Waals surface area contributed by atoms with Gasteiger partial charge in [0.1, 0.15) is 0 Å². The number of aryl methyl sites for hydroxylation is 1. The van der Waals surface area contributed by atoms with E-state index in [0.29, 0.717) is 17.9 Å². The van der Waals surface area contributed by atoms with Crippen LogP contribution in [0, 0.1) is 0 Å². The number of hydrogen-bond acceptors (Lipinski definition) is 5. The summed E-state index contributed by atoms with van der Waals surface area (Å²) in [5, 5.41) is 5.21. The molecule has 0 atom stereocenters. The van der Waals surface area contributed by atoms with Crippen LogP contribution in [0.4, 0.5) is 5.69 Å². The summed E-state index contributed by atoms with van der Waals surface area (Å²) in [6, 6.07) is 5.28. The lowest BCUT2D eigenvalue weighted by atomic mass is 10.0. The molecule has 0 fully saturated rings. The SMILES string of the molecule is O=S(=O)(NCCc1cscn1)c1ccc2c(c1)CCCN2. The molecular formula is C14H17N3O2S2. The average Bonchev–Trinajstić information content (AvgIpc) is 3.00. The molecule has 0 aliphatic carbocycles. The molecule has 112 valence electrons. The highest BCUT2D eigenvalue weighted by atomic mass is 32.2. The molecule has 1 aromatic carbocycles. The lowest BCUT2D eigenvalue weighted by Gasteiger charge is -2.18. The molecule has 5 nitrogen and oxygen atoms in total. The van der Waals surface area contributed by atoms with E-state index in [-0.39, 0.29) is 0 Å². The summed E-state index contributed by atoms with van der Waals surface area (Å²) < 4.78 is 27.2. The quantitative estimate of drug-likeness (QED) is 0.883. The van der Waals surface area contributed by atoms with Crippen LogP contribution < -0.4 is 10.0 Å². The fourth-order valence-corrected chi connectivity index (χ4v) is 4.05. The molecule has 0 radical (unpaired) electrons. The van der Waals surface area contributed by atoms with Gasteiger partial charge in [0.05, 0.1) is 16.1 Å². The van der Waals surface area contributed by atoms with Gasteiger partial charge in [0.2, 0.25) is 10.0 Å². The fraction of sp³-hybridized carbons (Fsp3) is 0.357. The summed E-state index contributed by atoms with van der Waals surface area (Å²) in [5.74, 6) is 0. The van der Waals surface area contributed by atoms with E-state index >= 15 is 0 Å². The number of benzene rings is 1. The summed E-state index contributed by atoms with van der Waals surface area (Å²) in [5.41, 5.74) is 4.78. The summed E-state index contributed by atoms with van der Waals surface area (Å²) in [4.78, 5) is 4.48. The molecule has 2 aromatic rings. The van der Waals surface area contributed by atoms with Gasteiger partial charge in [-0.2, -0.15) is 0 Å². The van der Waals surface area contributed by atoms with Crippen LogP contribution in [0.2, 0.25) is 0 Å². The third-order valence-electron chi connectivity index (χ3n) is 3.48. The molecule has 0 saturated heterocycles. The first-order valence-corrected chi connectivity index (χ1v) is 9.31. The number of nitrogens with zero attached hydrogens (tertiary/aromatic N) is 1. The van der Waals surface area contributed by atoms with Crippen molar-refractivity contribution >= 4 is 27.0 Å². The summed E-state index contributed by atoms with van der Waals surface area (Å²) >= 11 is 1.51. The molecule has 1 aliphatic heterocycles. The van der Waals surface area contributed by atoms with Crippen molar-refractivity contribution in [2.75, 3.05) is 18.4 Å². The minimum atomic E-state index is -3.45. The monoisotopic (exact) mass is 323 g/mol. The molecule has 0 amide bonds. The Balaban J connectivity index is 1.69. The van der Waals surface area contributed by atoms with Crippen LogP contribution in [0.1, 0.15) is 17.7 Å². The molecule has 3 rings (SSSR count). The Kier molecular flexibility index (Phi) is 4.23. The smallest absolute Gasteiger partial charge is 0.240 e. The molecule has 0 spiro atoms. The van der Waals surface area contributed by atoms with Crippen LogP contribution >= 0.6 is 11.3 Å². The van der Waals surface area contributed by atoms with Crippen LogP contribution in [0.3, 0.4) is 0 Å². The predicted octanol–water partition coefficient (Wildman–Crippen LogP) is 2.02. The van der Waals surface area contributed by atoms with Gasteiger partial charge in [0.25, 0.3) is 0 Å². The van der Waals surface area contributed by atoms with E-state index < -0.39 is 10.0 Å². The molecule has 2 N–H and O–H groups in total. The Hall–Kier alpha value is -1.44. The Labute approximate surface area is 128 Å². The number of hydrogen-bond donors (Lipinski definition) is 2. The number of sulfonamides is 1. The van der Waals surface area contributed by atoms with Gasteiger partial charge in [0.15, 0.2) is 0 Å². The zero-order valence-corrected chi connectivity index (χ0v) is 13.1. The Morgan fingerprint density at radius 1 is 1.38 bits per heavy atom. The summed E-state index contributed by atoms with van der Waals surface area (Å²) in [6.45, 7) is 1.31. The van der Waals surface area contributed by atoms with Gasteiger partial charge in [-0.1, -0.05) is 0 Å². The van der Waals surface area contributed by atoms with Gasteiger partial charge in [-0.15, -0.1) is 11.3 Å². The third-order valence-corrected chi connectivity index (χ3v) is 5.58. The van der Waals surface area contributed by atoms with Crippen LogP contribution in [-0.4, -0.2) is 26.5 Å². The van der Waals surface area contributed by atoms with Gasteiger partial charge >= 0.3 is 0 Å². The maximum atomic E-state index is 12.3. The molecule has 0 saturated carbocycles. The highest BCUT2D eigenvalue weighted by Crippen LogP contribution is 2.24. The Bertz CT molecular complexity index is 712. The van der Waals surface area contributed by atoms with Crippen LogP contribution in [-0.2, 0) is 22.9 Å². The lowest BCUT2D eigenvalue weighted by Crippen LogP contribution is -2.26. The first-order chi connectivity index (χ1) is 10.1. The molecule has 1 aliphatic rings. The number of nitrogens with one attached hydrogen (secondary N) is 2. The normalized spacial score (nSPS) is 14.5. The maximum absolute atomic E-state index is 12.3. The Morgan fingerprint density at radius 3 is 3.10 bits per heavy atom. The third kappa shape index (κ3) is 3.42. The molecule has 1 aromatic heterocycles. The van der Waals surface area contributed by atoms with E-state index in [2.05, 4.69) is 15.0 Å². The minimum Gasteiger partial charge on any atom is -0.385 e. The summed E-state index contributed by atoms with van der Waals surface area (Å²) in [7, 11) is -3.45. The molecular weight excluding hydrogens is 306 g/mol. The van der Waals surface area contributed by atoms with Gasteiger partial charge in [-0.05, 0) is 36.6 Å². The predicted molar refractivity (Wildman–Crippen MR) is 84.3 cm³/mol. The second kappa shape index (κ2) is 6.13. The molecule has 0 unspecified atom stereocenters. The van der Waals surface area contributed by atoms with Gasteiger partial charge in [-0.25, -0.2) is 18.1 Å². The van der Waals surface area contributed by atoms with E-state index in [1.807, 2.05) is 11.4 Å². The van der Waals surface area contributed by atoms with Crippen LogP contribution in [0.5, 0.6) is 0 Å². The lowest BCUT2D eigenvalue weighted by molar-refractivity contribution is 0.581. The van der Waals surface area contributed by atoms with Crippen molar-refractivity contribution < 1.29 is 8.42 Å². The molecule has 7 heteroatoms. The number of rotatable bonds is 5. The highest BCUT2D eigenvalue weighted by molar-refractivity contribution is 7.89. The second-order valence-electron chi connectivity index (χ2n) is 4.98. The number of thiazole rings is 1. The van der Waals surface area contributed by atoms with Crippen molar-refractivity contribution in [1.29, 1.82) is 0 Å². The first kappa shape index (κ1) is 14.5. The minimum absolute atomic E-state index is 0.336. The van der Waals surface area contributed by atoms with E-state index in [1.54, 1.807) is 17.6 Å². The zero-order valence-electron chi connectivity index (χ0n) is 11.5. The average molecular weight is 323 g/mol. The zero-order chi connectivity index (χ0) is 14.7. The Morgan fingerprint density at radius 2 is 2.29 bits per heavy atom. The van der Waals surface area contributed by atoms with Crippen molar-refractivity contribution in [3.63, 3.8) is 0 Å². The molecule has 21 heavy (non-hydrogen) atoms. The van der Waals surface area contributed by atoms with Crippen molar-refractivity contribution in [2.45, 2.75) is 24.2 Å². The molecule has 2 heterocycles. The fourth-order valence-electron chi connectivity index (χ4n) is 2.38. The van der Waals surface area contributed by atoms with Gasteiger partial charge in [0, 0.05) is 30.6 Å². The van der Waals surface area contributed by atoms with Crippen LogP contribution in [0.15, 0.2) is 34.0 Å². The standard InChI is InChI=1S/C14H17N3O2S2/c18-21(19,17-7-5-12-9-20-10-16-12)13-3-4-14-11(8-13)2-1-6-15-14/h3-4,8-10,15,17H,1-2,5-7H2.